The Balaban J connectivity index is 0.00000144. The van der Waals surface area contributed by atoms with Crippen molar-refractivity contribution < 1.29 is 58.3 Å². The van der Waals surface area contributed by atoms with Crippen LogP contribution in [0, 0.1) is 28.1 Å². The van der Waals surface area contributed by atoms with Gasteiger partial charge < -0.3 is 34.0 Å². The van der Waals surface area contributed by atoms with Crippen LogP contribution >= 0.6 is 0 Å². The largest absolute Gasteiger partial charge is 1.00 e. The Labute approximate surface area is 185 Å². The van der Waals surface area contributed by atoms with E-state index >= 15 is 0 Å². The van der Waals surface area contributed by atoms with Gasteiger partial charge in [-0.05, 0) is 0 Å². The fourth-order valence-electron chi connectivity index (χ4n) is 5.10. The number of hydrogen-bond donors (Lipinski definition) is 0. The van der Waals surface area contributed by atoms with Gasteiger partial charge in [0.25, 0.3) is 0 Å². The van der Waals surface area contributed by atoms with Gasteiger partial charge in [0.15, 0.2) is 0 Å². The molecule has 1 fully saturated rings. The van der Waals surface area contributed by atoms with Crippen LogP contribution in [0.4, 0.5) is 0 Å². The van der Waals surface area contributed by atoms with E-state index in [0.29, 0.717) is 10.8 Å². The van der Waals surface area contributed by atoms with Crippen LogP contribution in [0.25, 0.3) is 0 Å². The fraction of sp³-hybridized carbons (Fsp3) is 0.714. The molecule has 0 aromatic carbocycles. The Morgan fingerprint density at radius 1 is 1.04 bits per heavy atom. The molecule has 24 heavy (non-hydrogen) atoms. The van der Waals surface area contributed by atoms with Gasteiger partial charge in [-0.3, -0.25) is 0 Å². The third-order valence-corrected chi connectivity index (χ3v) is 8.90. The normalized spacial score (nSPS) is 37.1. The molecule has 0 radical (unpaired) electrons. The zero-order valence-corrected chi connectivity index (χ0v) is 22.7. The molecule has 0 aromatic rings. The molecule has 0 saturated heterocycles. The van der Waals surface area contributed by atoms with E-state index in [-0.39, 0.29) is 39.4 Å². The predicted octanol–water partition coefficient (Wildman–Crippen LogP) is 0.261. The molecule has 3 aliphatic rings. The second kappa shape index (κ2) is 7.58. The van der Waals surface area contributed by atoms with Crippen molar-refractivity contribution in [2.24, 2.45) is 28.1 Å². The summed E-state index contributed by atoms with van der Waals surface area (Å²) in [4.78, 5) is 0. The third-order valence-electron chi connectivity index (χ3n) is 6.57. The Morgan fingerprint density at radius 2 is 1.67 bits per heavy atom. The molecule has 3 aliphatic carbocycles. The average molecular weight is 622 g/mol. The van der Waals surface area contributed by atoms with Crippen molar-refractivity contribution in [2.75, 3.05) is 0 Å². The summed E-state index contributed by atoms with van der Waals surface area (Å²) in [5.41, 5.74) is 4.19. The first-order valence-corrected chi connectivity index (χ1v) is 11.0. The van der Waals surface area contributed by atoms with Crippen molar-refractivity contribution in [2.45, 2.75) is 64.5 Å². The van der Waals surface area contributed by atoms with Crippen LogP contribution in [0.3, 0.4) is 0 Å². The summed E-state index contributed by atoms with van der Waals surface area (Å²) in [5, 5.41) is 0. The Hall–Kier alpha value is 1.05. The van der Waals surface area contributed by atoms with Crippen molar-refractivity contribution in [1.29, 1.82) is 0 Å². The van der Waals surface area contributed by atoms with Gasteiger partial charge in [-0.2, -0.15) is 0 Å². The van der Waals surface area contributed by atoms with Gasteiger partial charge in [0.2, 0.25) is 0 Å². The molecule has 4 atom stereocenters. The maximum atomic E-state index is 2.58. The van der Waals surface area contributed by atoms with Crippen LogP contribution in [-0.4, -0.2) is 0 Å². The van der Waals surface area contributed by atoms with Crippen molar-refractivity contribution >= 4 is 0 Å². The van der Waals surface area contributed by atoms with Crippen molar-refractivity contribution in [3.8, 4) is 0 Å². The van der Waals surface area contributed by atoms with Crippen LogP contribution in [0.5, 0.6) is 0 Å². The fourth-order valence-corrected chi connectivity index (χ4v) is 8.08. The molecule has 4 unspecified atom stereocenters. The van der Waals surface area contributed by atoms with Gasteiger partial charge in [0.05, 0.1) is 0 Å². The molecule has 0 nitrogen and oxygen atoms in total. The van der Waals surface area contributed by atoms with Gasteiger partial charge in [-0.15, -0.1) is 0 Å². The smallest absolute Gasteiger partial charge is 1.00 e. The molecule has 0 aromatic heterocycles. The van der Waals surface area contributed by atoms with Crippen molar-refractivity contribution in [3.63, 3.8) is 0 Å². The van der Waals surface area contributed by atoms with Gasteiger partial charge >= 0.3 is 152 Å². The first-order valence-electron chi connectivity index (χ1n) is 8.89. The summed E-state index contributed by atoms with van der Waals surface area (Å²) in [6.07, 6.45) is 14.2. The van der Waals surface area contributed by atoms with Crippen LogP contribution in [0.2, 0.25) is 3.67 Å². The summed E-state index contributed by atoms with van der Waals surface area (Å²) in [6, 6.07) is 0. The minimum atomic E-state index is 0. The van der Waals surface area contributed by atoms with Crippen LogP contribution in [0.15, 0.2) is 35.5 Å². The van der Waals surface area contributed by atoms with E-state index in [1.165, 1.54) is 43.6 Å². The molecule has 3 heteroatoms. The number of rotatable bonds is 1. The van der Waals surface area contributed by atoms with E-state index in [0.717, 1.165) is 15.5 Å². The zero-order valence-electron chi connectivity index (χ0n) is 15.9. The minimum Gasteiger partial charge on any atom is -1.00 e. The monoisotopic (exact) mass is 621 g/mol. The van der Waals surface area contributed by atoms with Gasteiger partial charge in [0.1, 0.15) is 0 Å². The first kappa shape index (κ1) is 23.1. The van der Waals surface area contributed by atoms with Crippen molar-refractivity contribution in [3.05, 3.63) is 35.5 Å². The Kier molecular flexibility index (Phi) is 7.30. The average Bonchev–Trinajstić information content (AvgIpc) is 3.01. The number of allylic oxidation sites excluding steroid dienone is 6. The number of halogens is 2. The SMILES string of the molecule is CC(C)(C)C1=CCC(C2(C)C=CC(C)(C)C3[CH]([Hf+2])CCC32)=C1.[Br-].[Br-]. The Bertz CT molecular complexity index is 565. The van der Waals surface area contributed by atoms with E-state index in [2.05, 4.69) is 65.8 Å². The van der Waals surface area contributed by atoms with Crippen LogP contribution < -0.4 is 34.0 Å². The van der Waals surface area contributed by atoms with Crippen LogP contribution in [0.1, 0.15) is 60.8 Å². The minimum absolute atomic E-state index is 0. The molecule has 0 amide bonds. The molecule has 0 aliphatic heterocycles. The predicted molar refractivity (Wildman–Crippen MR) is 91.2 cm³/mol. The maximum Gasteiger partial charge on any atom is -1.00 e. The topological polar surface area (TPSA) is 0 Å². The molecule has 1 saturated carbocycles. The van der Waals surface area contributed by atoms with E-state index in [4.69, 9.17) is 0 Å². The number of hydrogen-bond acceptors (Lipinski definition) is 0. The molecule has 0 bridgehead atoms. The van der Waals surface area contributed by atoms with E-state index < -0.39 is 0 Å². The first-order chi connectivity index (χ1) is 10.1. The molecule has 0 spiro atoms. The zero-order chi connectivity index (χ0) is 16.3. The quantitative estimate of drug-likeness (QED) is 0.292. The Morgan fingerprint density at radius 3 is 2.21 bits per heavy atom. The molecular weight excluding hydrogens is 591 g/mol. The van der Waals surface area contributed by atoms with Crippen LogP contribution in [-0.2, 0) is 24.4 Å². The summed E-state index contributed by atoms with van der Waals surface area (Å²) in [6.45, 7) is 14.5. The summed E-state index contributed by atoms with van der Waals surface area (Å²) >= 11 is 1.36. The summed E-state index contributed by atoms with van der Waals surface area (Å²) < 4.78 is 1.00. The molecular formula is C21H31Br2Hf. The second-order valence-electron chi connectivity index (χ2n) is 9.54. The third kappa shape index (κ3) is 3.84. The standard InChI is InChI=1S/C21H31.2BrH.Hf/c1-19(2,3)15-10-11-16(14-15)21(6)13-12-20(4,5)17-8-7-9-18(17)21;;;/h8,10,12-14,17-18H,7,9,11H2,1-6H3;2*1H;/q;;;+2/p-2. The molecule has 3 rings (SSSR count). The van der Waals surface area contributed by atoms with E-state index in [1.807, 2.05) is 0 Å². The maximum absolute atomic E-state index is 2.58. The summed E-state index contributed by atoms with van der Waals surface area (Å²) in [5.74, 6) is 1.75. The van der Waals surface area contributed by atoms with E-state index in [1.54, 1.807) is 11.1 Å². The van der Waals surface area contributed by atoms with Gasteiger partial charge in [-0.25, -0.2) is 0 Å². The molecule has 0 N–H and O–H groups in total. The van der Waals surface area contributed by atoms with E-state index in [9.17, 15) is 0 Å². The second-order valence-corrected chi connectivity index (χ2v) is 12.2. The molecule has 133 valence electrons. The number of fused-ring (bicyclic) bond motifs is 1. The van der Waals surface area contributed by atoms with Crippen molar-refractivity contribution in [1.82, 2.24) is 0 Å². The van der Waals surface area contributed by atoms with Gasteiger partial charge in [0, 0.05) is 0 Å². The molecule has 0 heterocycles. The van der Waals surface area contributed by atoms with Gasteiger partial charge in [-0.1, -0.05) is 0 Å². The summed E-state index contributed by atoms with van der Waals surface area (Å²) in [7, 11) is 0.